The molecule has 2 aromatic carbocycles. The number of anilines is 1. The molecular weight excluding hydrogens is 514 g/mol. The topological polar surface area (TPSA) is 41.6 Å². The molecule has 228 valence electrons. The van der Waals surface area contributed by atoms with Gasteiger partial charge in [0, 0.05) is 48.2 Å². The summed E-state index contributed by atoms with van der Waals surface area (Å²) in [7, 11) is 0. The van der Waals surface area contributed by atoms with E-state index in [1.165, 1.54) is 102 Å². The molecule has 0 radical (unpaired) electrons. The lowest BCUT2D eigenvalue weighted by atomic mass is 10.0. The Hall–Kier alpha value is -2.88. The molecule has 0 aromatic heterocycles. The summed E-state index contributed by atoms with van der Waals surface area (Å²) in [6.45, 7) is 9.46. The van der Waals surface area contributed by atoms with Gasteiger partial charge in [-0.2, -0.15) is 0 Å². The molecule has 0 saturated carbocycles. The van der Waals surface area contributed by atoms with E-state index in [-0.39, 0.29) is 0 Å². The normalized spacial score (nSPS) is 12.2. The molecule has 4 nitrogen and oxygen atoms in total. The van der Waals surface area contributed by atoms with Gasteiger partial charge in [-0.25, -0.2) is 4.98 Å². The van der Waals surface area contributed by atoms with E-state index in [1.54, 1.807) is 0 Å². The second kappa shape index (κ2) is 17.9. The van der Waals surface area contributed by atoms with E-state index in [9.17, 15) is 0 Å². The van der Waals surface area contributed by atoms with Gasteiger partial charge in [0.2, 0.25) is 0 Å². The third-order valence-corrected chi connectivity index (χ3v) is 8.78. The van der Waals surface area contributed by atoms with Crippen molar-refractivity contribution < 1.29 is 4.42 Å². The molecule has 1 aliphatic carbocycles. The first kappa shape index (κ1) is 32.0. The van der Waals surface area contributed by atoms with Crippen molar-refractivity contribution >= 4 is 27.6 Å². The molecule has 0 N–H and O–H groups in total. The monoisotopic (exact) mass is 569 g/mol. The average Bonchev–Trinajstić information content (AvgIpc) is 3.02. The van der Waals surface area contributed by atoms with Gasteiger partial charge in [-0.3, -0.25) is 4.99 Å². The maximum Gasteiger partial charge on any atom is 0.155 e. The molecule has 1 aliphatic heterocycles. The molecule has 0 spiro atoms. The highest BCUT2D eigenvalue weighted by Crippen LogP contribution is 2.31. The Kier molecular flexibility index (Phi) is 13.7. The zero-order valence-electron chi connectivity index (χ0n) is 26.8. The van der Waals surface area contributed by atoms with Gasteiger partial charge in [0.25, 0.3) is 0 Å². The molecule has 4 rings (SSSR count). The number of aromatic nitrogens is 1. The Bertz CT molecular complexity index is 1370. The molecule has 0 bridgehead atoms. The summed E-state index contributed by atoms with van der Waals surface area (Å²) >= 11 is 0. The minimum absolute atomic E-state index is 0.809. The fourth-order valence-corrected chi connectivity index (χ4v) is 6.20. The van der Waals surface area contributed by atoms with E-state index in [2.05, 4.69) is 74.2 Å². The van der Waals surface area contributed by atoms with Gasteiger partial charge in [0.05, 0.1) is 5.36 Å². The number of unbranched alkanes of at least 4 members (excludes halogenated alkanes) is 15. The van der Waals surface area contributed by atoms with E-state index in [4.69, 9.17) is 14.4 Å². The van der Waals surface area contributed by atoms with Gasteiger partial charge in [0.15, 0.2) is 11.3 Å². The fraction of sp³-hybridized carbons (Fsp3) is 0.579. The smallest absolute Gasteiger partial charge is 0.155 e. The summed E-state index contributed by atoms with van der Waals surface area (Å²) in [5.74, 6) is 0.809. The minimum atomic E-state index is 0.809. The number of fused-ring (bicyclic) bond motifs is 4. The second-order valence-electron chi connectivity index (χ2n) is 12.0. The van der Waals surface area contributed by atoms with Crippen LogP contribution in [0.4, 0.5) is 5.69 Å². The van der Waals surface area contributed by atoms with Gasteiger partial charge in [-0.05, 0) is 32.4 Å². The molecule has 4 heteroatoms. The molecule has 0 fully saturated rings. The number of nitrogens with zero attached hydrogens (tertiary/aromatic N) is 3. The number of rotatable bonds is 20. The van der Waals surface area contributed by atoms with Crippen molar-refractivity contribution in [2.75, 3.05) is 24.5 Å². The molecule has 1 heterocycles. The lowest BCUT2D eigenvalue weighted by molar-refractivity contribution is 0.530. The van der Waals surface area contributed by atoms with Crippen molar-refractivity contribution in [2.24, 2.45) is 4.99 Å². The largest absolute Gasteiger partial charge is 0.453 e. The van der Waals surface area contributed by atoms with Crippen molar-refractivity contribution in [1.29, 1.82) is 0 Å². The van der Waals surface area contributed by atoms with Crippen LogP contribution in [0.5, 0.6) is 0 Å². The molecule has 42 heavy (non-hydrogen) atoms. The molecule has 2 aromatic rings. The van der Waals surface area contributed by atoms with Crippen LogP contribution in [0.15, 0.2) is 57.9 Å². The third-order valence-electron chi connectivity index (χ3n) is 8.78. The summed E-state index contributed by atoms with van der Waals surface area (Å²) in [6.07, 6.45) is 22.2. The highest BCUT2D eigenvalue weighted by molar-refractivity contribution is 5.96. The molecule has 0 saturated heterocycles. The third kappa shape index (κ3) is 9.31. The summed E-state index contributed by atoms with van der Waals surface area (Å²) in [5.41, 5.74) is 3.80. The molecule has 0 amide bonds. The highest BCUT2D eigenvalue weighted by Gasteiger charge is 2.15. The summed E-state index contributed by atoms with van der Waals surface area (Å²) < 4.78 is 6.46. The Morgan fingerprint density at radius 3 is 1.81 bits per heavy atom. The number of hydrogen-bond donors (Lipinski definition) is 0. The molecule has 0 unspecified atom stereocenters. The highest BCUT2D eigenvalue weighted by atomic mass is 16.3. The van der Waals surface area contributed by atoms with Crippen molar-refractivity contribution in [3.8, 4) is 11.5 Å². The average molecular weight is 570 g/mol. The Morgan fingerprint density at radius 1 is 0.643 bits per heavy atom. The zero-order chi connectivity index (χ0) is 29.4. The molecule has 2 aliphatic rings. The van der Waals surface area contributed by atoms with E-state index in [1.807, 2.05) is 0 Å². The first-order valence-electron chi connectivity index (χ1n) is 17.3. The standard InChI is InChI=1S/C38H55N3O/c1-4-7-8-9-10-11-12-13-14-15-16-17-18-19-20-23-28-39-35-30-37-38(33-25-22-21-24-32(33)35)40-34-27-26-31(29-36(34)42-37)41(5-2)6-3/h21-22,24-27,29-30H,4-20,23,28H2,1-3H3. The van der Waals surface area contributed by atoms with Crippen LogP contribution in [0.25, 0.3) is 33.3 Å². The van der Waals surface area contributed by atoms with Gasteiger partial charge < -0.3 is 9.32 Å². The quantitative estimate of drug-likeness (QED) is 0.0604. The first-order valence-corrected chi connectivity index (χ1v) is 17.3. The zero-order valence-corrected chi connectivity index (χ0v) is 26.8. The van der Waals surface area contributed by atoms with Crippen LogP contribution >= 0.6 is 0 Å². The van der Waals surface area contributed by atoms with E-state index < -0.39 is 0 Å². The van der Waals surface area contributed by atoms with Crippen LogP contribution < -0.4 is 10.3 Å². The van der Waals surface area contributed by atoms with Crippen molar-refractivity contribution in [3.63, 3.8) is 0 Å². The van der Waals surface area contributed by atoms with Gasteiger partial charge in [-0.1, -0.05) is 128 Å². The van der Waals surface area contributed by atoms with E-state index >= 15 is 0 Å². The molecular formula is C38H55N3O. The van der Waals surface area contributed by atoms with E-state index in [0.29, 0.717) is 0 Å². The van der Waals surface area contributed by atoms with Gasteiger partial charge in [-0.15, -0.1) is 0 Å². The fourth-order valence-electron chi connectivity index (χ4n) is 6.20. The van der Waals surface area contributed by atoms with Crippen molar-refractivity contribution in [1.82, 2.24) is 4.98 Å². The summed E-state index contributed by atoms with van der Waals surface area (Å²) in [5, 5.41) is 3.28. The van der Waals surface area contributed by atoms with Crippen LogP contribution in [0, 0.1) is 0 Å². The van der Waals surface area contributed by atoms with Crippen molar-refractivity contribution in [2.45, 2.75) is 124 Å². The van der Waals surface area contributed by atoms with Crippen LogP contribution in [0.2, 0.25) is 0 Å². The SMILES string of the molecule is CCCCCCCCCCCCCCCCCCN=c1cc2oc3cc(N(CC)CC)ccc3nc-2c2ccccc12. The lowest BCUT2D eigenvalue weighted by Gasteiger charge is -2.21. The number of hydrogen-bond acceptors (Lipinski definition) is 4. The van der Waals surface area contributed by atoms with Crippen LogP contribution in [0.1, 0.15) is 124 Å². The van der Waals surface area contributed by atoms with Crippen molar-refractivity contribution in [3.05, 3.63) is 53.9 Å². The lowest BCUT2D eigenvalue weighted by Crippen LogP contribution is -2.21. The maximum atomic E-state index is 6.46. The number of benzene rings is 3. The second-order valence-corrected chi connectivity index (χ2v) is 12.0. The van der Waals surface area contributed by atoms with Gasteiger partial charge >= 0.3 is 0 Å². The summed E-state index contributed by atoms with van der Waals surface area (Å²) in [6, 6.07) is 16.9. The molecule has 0 atom stereocenters. The predicted molar refractivity (Wildman–Crippen MR) is 182 cm³/mol. The van der Waals surface area contributed by atoms with Gasteiger partial charge in [0.1, 0.15) is 11.2 Å². The Balaban J connectivity index is 1.25. The maximum absolute atomic E-state index is 6.46. The summed E-state index contributed by atoms with van der Waals surface area (Å²) in [4.78, 5) is 12.4. The van der Waals surface area contributed by atoms with Crippen LogP contribution in [-0.4, -0.2) is 24.6 Å². The Morgan fingerprint density at radius 2 is 1.21 bits per heavy atom. The van der Waals surface area contributed by atoms with E-state index in [0.717, 1.165) is 64.7 Å². The Labute approximate surface area is 255 Å². The minimum Gasteiger partial charge on any atom is -0.453 e. The van der Waals surface area contributed by atoms with Crippen LogP contribution in [-0.2, 0) is 0 Å². The predicted octanol–water partition coefficient (Wildman–Crippen LogP) is 11.1. The first-order chi connectivity index (χ1) is 20.7. The van der Waals surface area contributed by atoms with Crippen LogP contribution in [0.3, 0.4) is 0 Å².